The van der Waals surface area contributed by atoms with Crippen LogP contribution in [0.1, 0.15) is 30.8 Å². The Balaban J connectivity index is 2.31. The first-order chi connectivity index (χ1) is 11.1. The summed E-state index contributed by atoms with van der Waals surface area (Å²) in [5, 5.41) is 5.23. The molecular formula is C14H11F6N3O. The van der Waals surface area contributed by atoms with E-state index >= 15 is 0 Å². The van der Waals surface area contributed by atoms with Crippen LogP contribution in [0.2, 0.25) is 0 Å². The number of aromatic nitrogens is 2. The van der Waals surface area contributed by atoms with Gasteiger partial charge in [0.2, 0.25) is 5.91 Å². The first kappa shape index (κ1) is 17.8. The van der Waals surface area contributed by atoms with Crippen LogP contribution in [0.4, 0.5) is 32.0 Å². The highest BCUT2D eigenvalue weighted by Gasteiger charge is 2.25. The standard InChI is InChI=1S/C14H11F6N3O/c1-5-3-9(13(19)20)22-23(5)6(2)14(24)21-12-10(17)7(15)4-8(16)11(12)18/h3-4,6,13H,1-2H3,(H,21,24). The fraction of sp³-hybridized carbons (Fsp3) is 0.286. The summed E-state index contributed by atoms with van der Waals surface area (Å²) in [6, 6.07) is -0.226. The molecular weight excluding hydrogens is 340 g/mol. The Labute approximate surface area is 132 Å². The van der Waals surface area contributed by atoms with E-state index in [0.717, 1.165) is 10.7 Å². The van der Waals surface area contributed by atoms with Gasteiger partial charge < -0.3 is 5.32 Å². The molecule has 0 aliphatic carbocycles. The van der Waals surface area contributed by atoms with E-state index in [9.17, 15) is 31.1 Å². The normalized spacial score (nSPS) is 12.5. The summed E-state index contributed by atoms with van der Waals surface area (Å²) in [5.74, 6) is -8.02. The van der Waals surface area contributed by atoms with Gasteiger partial charge in [-0.25, -0.2) is 26.3 Å². The van der Waals surface area contributed by atoms with Crippen LogP contribution in [0, 0.1) is 30.2 Å². The average Bonchev–Trinajstić information content (AvgIpc) is 2.90. The lowest BCUT2D eigenvalue weighted by Gasteiger charge is -2.15. The minimum atomic E-state index is -2.87. The molecule has 1 aromatic carbocycles. The third kappa shape index (κ3) is 3.22. The van der Waals surface area contributed by atoms with Gasteiger partial charge in [0.1, 0.15) is 17.4 Å². The average molecular weight is 351 g/mol. The summed E-state index contributed by atoms with van der Waals surface area (Å²) < 4.78 is 79.4. The molecule has 0 aliphatic rings. The summed E-state index contributed by atoms with van der Waals surface area (Å²) >= 11 is 0. The van der Waals surface area contributed by atoms with Crippen molar-refractivity contribution in [1.29, 1.82) is 0 Å². The molecule has 2 aromatic rings. The van der Waals surface area contributed by atoms with Crippen molar-refractivity contribution in [2.75, 3.05) is 5.32 Å². The minimum Gasteiger partial charge on any atom is -0.319 e. The summed E-state index contributed by atoms with van der Waals surface area (Å²) in [6.45, 7) is 2.61. The molecule has 0 radical (unpaired) electrons. The van der Waals surface area contributed by atoms with Crippen molar-refractivity contribution in [3.05, 3.63) is 46.8 Å². The Morgan fingerprint density at radius 1 is 1.12 bits per heavy atom. The molecule has 0 saturated heterocycles. The molecule has 0 spiro atoms. The molecule has 0 aliphatic heterocycles. The second-order valence-corrected chi connectivity index (χ2v) is 4.96. The van der Waals surface area contributed by atoms with E-state index in [1.165, 1.54) is 13.8 Å². The maximum absolute atomic E-state index is 13.5. The van der Waals surface area contributed by atoms with Crippen molar-refractivity contribution in [1.82, 2.24) is 9.78 Å². The molecule has 1 atom stereocenters. The predicted molar refractivity (Wildman–Crippen MR) is 71.5 cm³/mol. The van der Waals surface area contributed by atoms with Crippen LogP contribution in [-0.4, -0.2) is 15.7 Å². The van der Waals surface area contributed by atoms with Gasteiger partial charge in [-0.15, -0.1) is 0 Å². The van der Waals surface area contributed by atoms with Crippen LogP contribution in [0.5, 0.6) is 0 Å². The Kier molecular flexibility index (Phi) is 4.86. The molecule has 130 valence electrons. The smallest absolute Gasteiger partial charge is 0.282 e. The highest BCUT2D eigenvalue weighted by Crippen LogP contribution is 2.26. The van der Waals surface area contributed by atoms with Gasteiger partial charge in [-0.2, -0.15) is 5.10 Å². The summed E-state index contributed by atoms with van der Waals surface area (Å²) in [6.07, 6.45) is -2.87. The van der Waals surface area contributed by atoms with E-state index in [1.807, 2.05) is 0 Å². The second kappa shape index (κ2) is 6.54. The number of nitrogens with one attached hydrogen (secondary N) is 1. The zero-order valence-corrected chi connectivity index (χ0v) is 12.4. The number of anilines is 1. The number of aryl methyl sites for hydroxylation is 1. The zero-order valence-electron chi connectivity index (χ0n) is 12.4. The van der Waals surface area contributed by atoms with Crippen LogP contribution in [0.15, 0.2) is 12.1 Å². The Bertz CT molecular complexity index is 763. The SMILES string of the molecule is Cc1cc(C(F)F)nn1C(C)C(=O)Nc1c(F)c(F)cc(F)c1F. The first-order valence-electron chi connectivity index (χ1n) is 6.61. The maximum Gasteiger partial charge on any atom is 0.282 e. The van der Waals surface area contributed by atoms with Crippen molar-refractivity contribution in [3.63, 3.8) is 0 Å². The molecule has 0 fully saturated rings. The lowest BCUT2D eigenvalue weighted by molar-refractivity contribution is -0.119. The van der Waals surface area contributed by atoms with Crippen LogP contribution in [0.25, 0.3) is 0 Å². The third-order valence-corrected chi connectivity index (χ3v) is 3.27. The zero-order chi connectivity index (χ0) is 18.2. The summed E-state index contributed by atoms with van der Waals surface area (Å²) in [4.78, 5) is 12.0. The number of hydrogen-bond acceptors (Lipinski definition) is 2. The highest BCUT2D eigenvalue weighted by molar-refractivity contribution is 5.93. The van der Waals surface area contributed by atoms with Crippen molar-refractivity contribution in [2.45, 2.75) is 26.3 Å². The number of rotatable bonds is 4. The van der Waals surface area contributed by atoms with Gasteiger partial charge in [-0.1, -0.05) is 0 Å². The Morgan fingerprint density at radius 3 is 2.12 bits per heavy atom. The number of carbonyl (C=O) groups is 1. The molecule has 24 heavy (non-hydrogen) atoms. The van der Waals surface area contributed by atoms with Crippen LogP contribution in [-0.2, 0) is 4.79 Å². The van der Waals surface area contributed by atoms with E-state index in [1.54, 1.807) is 5.32 Å². The van der Waals surface area contributed by atoms with Crippen molar-refractivity contribution < 1.29 is 31.1 Å². The second-order valence-electron chi connectivity index (χ2n) is 4.96. The molecule has 0 saturated carbocycles. The first-order valence-corrected chi connectivity index (χ1v) is 6.61. The Morgan fingerprint density at radius 2 is 1.67 bits per heavy atom. The largest absolute Gasteiger partial charge is 0.319 e. The molecule has 1 aromatic heterocycles. The maximum atomic E-state index is 13.5. The number of hydrogen-bond donors (Lipinski definition) is 1. The van der Waals surface area contributed by atoms with Gasteiger partial charge >= 0.3 is 0 Å². The van der Waals surface area contributed by atoms with Gasteiger partial charge in [0.25, 0.3) is 6.43 Å². The van der Waals surface area contributed by atoms with E-state index in [4.69, 9.17) is 0 Å². The monoisotopic (exact) mass is 351 g/mol. The van der Waals surface area contributed by atoms with E-state index in [2.05, 4.69) is 5.10 Å². The molecule has 1 N–H and O–H groups in total. The summed E-state index contributed by atoms with van der Waals surface area (Å²) in [7, 11) is 0. The van der Waals surface area contributed by atoms with Gasteiger partial charge in [-0.3, -0.25) is 9.48 Å². The lowest BCUT2D eigenvalue weighted by atomic mass is 10.2. The number of amides is 1. The molecule has 1 amide bonds. The van der Waals surface area contributed by atoms with E-state index in [0.29, 0.717) is 0 Å². The quantitative estimate of drug-likeness (QED) is 0.671. The topological polar surface area (TPSA) is 46.9 Å². The van der Waals surface area contributed by atoms with E-state index < -0.39 is 53.0 Å². The lowest BCUT2D eigenvalue weighted by Crippen LogP contribution is -2.26. The van der Waals surface area contributed by atoms with E-state index in [-0.39, 0.29) is 11.8 Å². The fourth-order valence-electron chi connectivity index (χ4n) is 2.03. The van der Waals surface area contributed by atoms with Gasteiger partial charge in [0.15, 0.2) is 23.3 Å². The third-order valence-electron chi connectivity index (χ3n) is 3.27. The van der Waals surface area contributed by atoms with Crippen LogP contribution < -0.4 is 5.32 Å². The number of benzene rings is 1. The Hall–Kier alpha value is -2.52. The summed E-state index contributed by atoms with van der Waals surface area (Å²) in [5.41, 5.74) is -1.69. The molecule has 1 heterocycles. The number of nitrogens with zero attached hydrogens (tertiary/aromatic N) is 2. The molecule has 10 heteroatoms. The number of alkyl halides is 2. The molecule has 1 unspecified atom stereocenters. The molecule has 0 bridgehead atoms. The van der Waals surface area contributed by atoms with Crippen molar-refractivity contribution in [2.24, 2.45) is 0 Å². The number of carbonyl (C=O) groups excluding carboxylic acids is 1. The minimum absolute atomic E-state index is 0.00366. The van der Waals surface area contributed by atoms with Gasteiger partial charge in [0.05, 0.1) is 0 Å². The van der Waals surface area contributed by atoms with Gasteiger partial charge in [0, 0.05) is 11.8 Å². The number of halogens is 6. The van der Waals surface area contributed by atoms with Crippen molar-refractivity contribution in [3.8, 4) is 0 Å². The molecule has 4 nitrogen and oxygen atoms in total. The van der Waals surface area contributed by atoms with Gasteiger partial charge in [-0.05, 0) is 19.9 Å². The van der Waals surface area contributed by atoms with Crippen LogP contribution >= 0.6 is 0 Å². The molecule has 2 rings (SSSR count). The fourth-order valence-corrected chi connectivity index (χ4v) is 2.03. The highest BCUT2D eigenvalue weighted by atomic mass is 19.3. The van der Waals surface area contributed by atoms with Crippen LogP contribution in [0.3, 0.4) is 0 Å². The van der Waals surface area contributed by atoms with Crippen molar-refractivity contribution >= 4 is 11.6 Å². The predicted octanol–water partition coefficient (Wildman–Crippen LogP) is 3.89.